The maximum atomic E-state index is 13.0. The molecule has 1 aromatic rings. The Bertz CT molecular complexity index is 300. The third-order valence-electron chi connectivity index (χ3n) is 2.79. The highest BCUT2D eigenvalue weighted by molar-refractivity contribution is 6.21. The van der Waals surface area contributed by atoms with Gasteiger partial charge in [0.1, 0.15) is 5.82 Å². The van der Waals surface area contributed by atoms with Gasteiger partial charge in [-0.3, -0.25) is 0 Å². The first-order chi connectivity index (χ1) is 7.15. The zero-order valence-corrected chi connectivity index (χ0v) is 10.3. The first-order valence-electron chi connectivity index (χ1n) is 5.02. The lowest BCUT2D eigenvalue weighted by Gasteiger charge is -2.28. The van der Waals surface area contributed by atoms with E-state index in [-0.39, 0.29) is 11.2 Å². The van der Waals surface area contributed by atoms with E-state index in [0.717, 1.165) is 18.4 Å². The van der Waals surface area contributed by atoms with Gasteiger partial charge >= 0.3 is 0 Å². The van der Waals surface area contributed by atoms with Gasteiger partial charge in [0.05, 0.1) is 0 Å². The summed E-state index contributed by atoms with van der Waals surface area (Å²) in [6.07, 6.45) is 1.63. The molecular weight excluding hydrogens is 234 g/mol. The number of benzene rings is 1. The molecule has 84 valence electrons. The molecule has 0 saturated carbocycles. The standard InChI is InChI=1S/C12H15Cl2F/c1-2-12(8-13,9-14)7-10-4-3-5-11(15)6-10/h3-6H,2,7-9H2,1H3. The van der Waals surface area contributed by atoms with E-state index in [1.165, 1.54) is 6.07 Å². The van der Waals surface area contributed by atoms with Crippen molar-refractivity contribution in [3.8, 4) is 0 Å². The monoisotopic (exact) mass is 248 g/mol. The van der Waals surface area contributed by atoms with Crippen molar-refractivity contribution in [2.75, 3.05) is 11.8 Å². The first-order valence-corrected chi connectivity index (χ1v) is 6.09. The van der Waals surface area contributed by atoms with Crippen LogP contribution in [0.15, 0.2) is 24.3 Å². The highest BCUT2D eigenvalue weighted by atomic mass is 35.5. The summed E-state index contributed by atoms with van der Waals surface area (Å²) in [7, 11) is 0. The van der Waals surface area contributed by atoms with Crippen LogP contribution in [0.25, 0.3) is 0 Å². The van der Waals surface area contributed by atoms with Crippen molar-refractivity contribution in [2.45, 2.75) is 19.8 Å². The topological polar surface area (TPSA) is 0 Å². The SMILES string of the molecule is CCC(CCl)(CCl)Cc1cccc(F)c1. The summed E-state index contributed by atoms with van der Waals surface area (Å²) < 4.78 is 13.0. The van der Waals surface area contributed by atoms with Crippen molar-refractivity contribution in [1.29, 1.82) is 0 Å². The van der Waals surface area contributed by atoms with Gasteiger partial charge in [-0.2, -0.15) is 0 Å². The zero-order chi connectivity index (χ0) is 11.3. The van der Waals surface area contributed by atoms with Crippen LogP contribution < -0.4 is 0 Å². The highest BCUT2D eigenvalue weighted by Gasteiger charge is 2.26. The smallest absolute Gasteiger partial charge is 0.123 e. The van der Waals surface area contributed by atoms with Crippen LogP contribution in [0.4, 0.5) is 4.39 Å². The van der Waals surface area contributed by atoms with E-state index in [1.54, 1.807) is 12.1 Å². The van der Waals surface area contributed by atoms with E-state index in [1.807, 2.05) is 6.07 Å². The van der Waals surface area contributed by atoms with Gasteiger partial charge < -0.3 is 0 Å². The van der Waals surface area contributed by atoms with Gasteiger partial charge in [0, 0.05) is 17.2 Å². The quantitative estimate of drug-likeness (QED) is 0.684. The molecule has 3 heteroatoms. The molecular formula is C12H15Cl2F. The van der Waals surface area contributed by atoms with E-state index in [4.69, 9.17) is 23.2 Å². The minimum Gasteiger partial charge on any atom is -0.207 e. The van der Waals surface area contributed by atoms with Gasteiger partial charge in [-0.15, -0.1) is 23.2 Å². The van der Waals surface area contributed by atoms with Gasteiger partial charge in [0.2, 0.25) is 0 Å². The lowest BCUT2D eigenvalue weighted by atomic mass is 9.83. The molecule has 0 nitrogen and oxygen atoms in total. The van der Waals surface area contributed by atoms with E-state index in [2.05, 4.69) is 6.92 Å². The van der Waals surface area contributed by atoms with Crippen LogP contribution in [0.2, 0.25) is 0 Å². The molecule has 1 rings (SSSR count). The molecule has 0 N–H and O–H groups in total. The van der Waals surface area contributed by atoms with Crippen LogP contribution in [0.5, 0.6) is 0 Å². The normalized spacial score (nSPS) is 11.7. The average Bonchev–Trinajstić information content (AvgIpc) is 2.26. The van der Waals surface area contributed by atoms with E-state index >= 15 is 0 Å². The Morgan fingerprint density at radius 2 is 1.93 bits per heavy atom. The second-order valence-corrected chi connectivity index (χ2v) is 4.46. The summed E-state index contributed by atoms with van der Waals surface area (Å²) in [5.41, 5.74) is 0.842. The fourth-order valence-corrected chi connectivity index (χ4v) is 2.38. The molecule has 0 aromatic heterocycles. The Morgan fingerprint density at radius 3 is 2.40 bits per heavy atom. The van der Waals surface area contributed by atoms with Gasteiger partial charge in [-0.25, -0.2) is 4.39 Å². The van der Waals surface area contributed by atoms with Gasteiger partial charge in [0.15, 0.2) is 0 Å². The molecule has 0 atom stereocenters. The number of alkyl halides is 2. The predicted octanol–water partition coefficient (Wildman–Crippen LogP) is 4.24. The largest absolute Gasteiger partial charge is 0.207 e. The number of hydrogen-bond donors (Lipinski definition) is 0. The molecule has 0 aliphatic carbocycles. The first kappa shape index (κ1) is 12.8. The Morgan fingerprint density at radius 1 is 1.27 bits per heavy atom. The fraction of sp³-hybridized carbons (Fsp3) is 0.500. The summed E-state index contributed by atoms with van der Waals surface area (Å²) >= 11 is 11.9. The Hall–Kier alpha value is -0.270. The maximum Gasteiger partial charge on any atom is 0.123 e. The molecule has 0 heterocycles. The fourth-order valence-electron chi connectivity index (χ4n) is 1.52. The van der Waals surface area contributed by atoms with Crippen molar-refractivity contribution >= 4 is 23.2 Å². The van der Waals surface area contributed by atoms with Crippen LogP contribution in [-0.2, 0) is 6.42 Å². The highest BCUT2D eigenvalue weighted by Crippen LogP contribution is 2.30. The third-order valence-corrected chi connectivity index (χ3v) is 3.92. The van der Waals surface area contributed by atoms with Gasteiger partial charge in [-0.05, 0) is 30.5 Å². The van der Waals surface area contributed by atoms with Crippen LogP contribution >= 0.6 is 23.2 Å². The number of hydrogen-bond acceptors (Lipinski definition) is 0. The predicted molar refractivity (Wildman–Crippen MR) is 64.3 cm³/mol. The number of rotatable bonds is 5. The van der Waals surface area contributed by atoms with E-state index in [9.17, 15) is 4.39 Å². The molecule has 0 amide bonds. The van der Waals surface area contributed by atoms with Crippen LogP contribution in [-0.4, -0.2) is 11.8 Å². The molecule has 0 aliphatic heterocycles. The molecule has 1 aromatic carbocycles. The zero-order valence-electron chi connectivity index (χ0n) is 8.77. The van der Waals surface area contributed by atoms with Crippen LogP contribution in [0.1, 0.15) is 18.9 Å². The molecule has 0 aliphatic rings. The summed E-state index contributed by atoms with van der Waals surface area (Å²) in [4.78, 5) is 0. The van der Waals surface area contributed by atoms with Crippen LogP contribution in [0.3, 0.4) is 0 Å². The average molecular weight is 249 g/mol. The summed E-state index contributed by atoms with van der Waals surface area (Å²) in [6.45, 7) is 2.06. The Kier molecular flexibility index (Phi) is 4.88. The van der Waals surface area contributed by atoms with Gasteiger partial charge in [0.25, 0.3) is 0 Å². The minimum atomic E-state index is -0.207. The van der Waals surface area contributed by atoms with E-state index < -0.39 is 0 Å². The number of halogens is 3. The van der Waals surface area contributed by atoms with Crippen LogP contribution in [0, 0.1) is 11.2 Å². The second-order valence-electron chi connectivity index (χ2n) is 3.93. The summed E-state index contributed by atoms with van der Waals surface area (Å²) in [6, 6.07) is 6.61. The summed E-state index contributed by atoms with van der Waals surface area (Å²) in [5, 5.41) is 0. The molecule has 0 radical (unpaired) electrons. The minimum absolute atomic E-state index is 0.114. The molecule has 0 bridgehead atoms. The Balaban J connectivity index is 2.82. The van der Waals surface area contributed by atoms with Crippen molar-refractivity contribution in [2.24, 2.45) is 5.41 Å². The van der Waals surface area contributed by atoms with E-state index in [0.29, 0.717) is 11.8 Å². The summed E-state index contributed by atoms with van der Waals surface area (Å²) in [5.74, 6) is 0.800. The van der Waals surface area contributed by atoms with Crippen molar-refractivity contribution in [1.82, 2.24) is 0 Å². The lowest BCUT2D eigenvalue weighted by Crippen LogP contribution is -2.27. The lowest BCUT2D eigenvalue weighted by molar-refractivity contribution is 0.361. The Labute approximate surface area is 100 Å². The molecule has 0 unspecified atom stereocenters. The van der Waals surface area contributed by atoms with Crippen molar-refractivity contribution in [3.05, 3.63) is 35.6 Å². The molecule has 0 fully saturated rings. The molecule has 0 spiro atoms. The second kappa shape index (κ2) is 5.72. The van der Waals surface area contributed by atoms with Crippen molar-refractivity contribution in [3.63, 3.8) is 0 Å². The van der Waals surface area contributed by atoms with Gasteiger partial charge in [-0.1, -0.05) is 19.1 Å². The molecule has 0 saturated heterocycles. The maximum absolute atomic E-state index is 13.0. The molecule has 15 heavy (non-hydrogen) atoms. The third kappa shape index (κ3) is 3.35. The van der Waals surface area contributed by atoms with Crippen molar-refractivity contribution < 1.29 is 4.39 Å².